The lowest BCUT2D eigenvalue weighted by molar-refractivity contribution is -0.167. The molecule has 0 aromatic heterocycles. The summed E-state index contributed by atoms with van der Waals surface area (Å²) in [6.07, 6.45) is 68.1. The first-order valence-corrected chi connectivity index (χ1v) is 28.3. The fourth-order valence-corrected chi connectivity index (χ4v) is 7.95. The molecule has 0 aromatic rings. The molecule has 0 aromatic carbocycles. The number of esters is 3. The first-order chi connectivity index (χ1) is 32.5. The first kappa shape index (κ1) is 63.1. The van der Waals surface area contributed by atoms with Crippen molar-refractivity contribution in [1.29, 1.82) is 0 Å². The summed E-state index contributed by atoms with van der Waals surface area (Å²) in [4.78, 5) is 37.9. The highest BCUT2D eigenvalue weighted by Crippen LogP contribution is 2.15. The zero-order valence-corrected chi connectivity index (χ0v) is 43.7. The van der Waals surface area contributed by atoms with Gasteiger partial charge in [0.25, 0.3) is 0 Å². The van der Waals surface area contributed by atoms with Crippen LogP contribution in [0.3, 0.4) is 0 Å². The second-order valence-corrected chi connectivity index (χ2v) is 18.8. The normalized spacial score (nSPS) is 12.5. The maximum absolute atomic E-state index is 12.8. The van der Waals surface area contributed by atoms with Crippen LogP contribution in [0.15, 0.2) is 60.8 Å². The van der Waals surface area contributed by atoms with Gasteiger partial charge in [0, 0.05) is 19.3 Å². The Labute approximate surface area is 409 Å². The molecular weight excluding hydrogens is 817 g/mol. The fraction of sp³-hybridized carbons (Fsp3) is 0.783. The lowest BCUT2D eigenvalue weighted by Gasteiger charge is -2.18. The van der Waals surface area contributed by atoms with Crippen molar-refractivity contribution in [2.24, 2.45) is 0 Å². The highest BCUT2D eigenvalue weighted by Gasteiger charge is 2.19. The zero-order valence-electron chi connectivity index (χ0n) is 43.7. The number of carbonyl (C=O) groups excluding carboxylic acids is 3. The van der Waals surface area contributed by atoms with Gasteiger partial charge in [0.05, 0.1) is 0 Å². The third-order valence-electron chi connectivity index (χ3n) is 12.2. The maximum atomic E-state index is 12.8. The van der Waals surface area contributed by atoms with Gasteiger partial charge in [-0.2, -0.15) is 0 Å². The van der Waals surface area contributed by atoms with E-state index in [1.54, 1.807) is 0 Å². The molecule has 0 bridgehead atoms. The zero-order chi connectivity index (χ0) is 47.9. The van der Waals surface area contributed by atoms with Crippen molar-refractivity contribution >= 4 is 17.9 Å². The summed E-state index contributed by atoms with van der Waals surface area (Å²) < 4.78 is 16.7. The summed E-state index contributed by atoms with van der Waals surface area (Å²) in [5.74, 6) is -0.891. The molecule has 0 radical (unpaired) electrons. The predicted octanol–water partition coefficient (Wildman–Crippen LogP) is 18.8. The van der Waals surface area contributed by atoms with Gasteiger partial charge in [0.2, 0.25) is 0 Å². The Kier molecular flexibility index (Phi) is 52.3. The van der Waals surface area contributed by atoms with Gasteiger partial charge in [-0.05, 0) is 89.9 Å². The summed E-state index contributed by atoms with van der Waals surface area (Å²) in [5.41, 5.74) is 0. The highest BCUT2D eigenvalue weighted by molar-refractivity contribution is 5.71. The van der Waals surface area contributed by atoms with E-state index in [1.165, 1.54) is 161 Å². The van der Waals surface area contributed by atoms with E-state index in [2.05, 4.69) is 81.5 Å². The molecule has 6 nitrogen and oxygen atoms in total. The van der Waals surface area contributed by atoms with Gasteiger partial charge in [-0.1, -0.05) is 236 Å². The molecule has 0 saturated heterocycles. The SMILES string of the molecule is CCCCC/C=C\C/C=C\CCCCCCCCCCCC(=O)OC(COC(=O)CCCCCCCC)COC(=O)CCCCCCCCCC/C=C\C/C=C\C/C=C\CCCCCCC. The summed E-state index contributed by atoms with van der Waals surface area (Å²) in [6, 6.07) is 0. The smallest absolute Gasteiger partial charge is 0.306 e. The van der Waals surface area contributed by atoms with E-state index in [4.69, 9.17) is 14.2 Å². The van der Waals surface area contributed by atoms with Crippen molar-refractivity contribution in [1.82, 2.24) is 0 Å². The summed E-state index contributed by atoms with van der Waals surface area (Å²) in [6.45, 7) is 6.55. The van der Waals surface area contributed by atoms with Gasteiger partial charge in [-0.25, -0.2) is 0 Å². The molecule has 0 rings (SSSR count). The van der Waals surface area contributed by atoms with Crippen molar-refractivity contribution in [2.45, 2.75) is 290 Å². The maximum Gasteiger partial charge on any atom is 0.306 e. The van der Waals surface area contributed by atoms with Gasteiger partial charge in [-0.3, -0.25) is 14.4 Å². The van der Waals surface area contributed by atoms with Gasteiger partial charge >= 0.3 is 17.9 Å². The van der Waals surface area contributed by atoms with Crippen molar-refractivity contribution < 1.29 is 28.6 Å². The molecule has 0 amide bonds. The second-order valence-electron chi connectivity index (χ2n) is 18.8. The van der Waals surface area contributed by atoms with Crippen LogP contribution in [0.25, 0.3) is 0 Å². The van der Waals surface area contributed by atoms with Crippen LogP contribution in [0.2, 0.25) is 0 Å². The van der Waals surface area contributed by atoms with E-state index in [1.807, 2.05) is 0 Å². The quantitative estimate of drug-likeness (QED) is 0.0262. The lowest BCUT2D eigenvalue weighted by Crippen LogP contribution is -2.30. The number of rotatable bonds is 51. The number of ether oxygens (including phenoxy) is 3. The lowest BCUT2D eigenvalue weighted by atomic mass is 10.1. The van der Waals surface area contributed by atoms with Crippen molar-refractivity contribution in [3.8, 4) is 0 Å². The highest BCUT2D eigenvalue weighted by atomic mass is 16.6. The molecule has 0 N–H and O–H groups in total. The van der Waals surface area contributed by atoms with E-state index in [0.29, 0.717) is 19.3 Å². The molecule has 382 valence electrons. The number of hydrogen-bond donors (Lipinski definition) is 0. The molecule has 6 heteroatoms. The van der Waals surface area contributed by atoms with Gasteiger partial charge in [0.15, 0.2) is 6.10 Å². The number of hydrogen-bond acceptors (Lipinski definition) is 6. The molecule has 0 saturated carbocycles. The monoisotopic (exact) mass is 923 g/mol. The van der Waals surface area contributed by atoms with Crippen LogP contribution in [0, 0.1) is 0 Å². The number of allylic oxidation sites excluding steroid dienone is 10. The molecule has 66 heavy (non-hydrogen) atoms. The molecule has 1 atom stereocenters. The minimum atomic E-state index is -0.776. The molecular formula is C60H106O6. The Hall–Kier alpha value is -2.89. The first-order valence-electron chi connectivity index (χ1n) is 28.3. The van der Waals surface area contributed by atoms with Crippen LogP contribution in [0.5, 0.6) is 0 Å². The van der Waals surface area contributed by atoms with Gasteiger partial charge in [0.1, 0.15) is 13.2 Å². The Morgan fingerprint density at radius 1 is 0.303 bits per heavy atom. The van der Waals surface area contributed by atoms with Crippen LogP contribution in [0.4, 0.5) is 0 Å². The van der Waals surface area contributed by atoms with E-state index in [0.717, 1.165) is 83.5 Å². The topological polar surface area (TPSA) is 78.9 Å². The van der Waals surface area contributed by atoms with Crippen LogP contribution in [0.1, 0.15) is 284 Å². The number of carbonyl (C=O) groups is 3. The average molecular weight is 924 g/mol. The summed E-state index contributed by atoms with van der Waals surface area (Å²) in [5, 5.41) is 0. The van der Waals surface area contributed by atoms with Crippen molar-refractivity contribution in [2.75, 3.05) is 13.2 Å². The van der Waals surface area contributed by atoms with Crippen molar-refractivity contribution in [3.05, 3.63) is 60.8 Å². The van der Waals surface area contributed by atoms with E-state index < -0.39 is 6.10 Å². The summed E-state index contributed by atoms with van der Waals surface area (Å²) in [7, 11) is 0. The third-order valence-corrected chi connectivity index (χ3v) is 12.2. The largest absolute Gasteiger partial charge is 0.462 e. The molecule has 0 aliphatic heterocycles. The number of unbranched alkanes of at least 4 members (excludes halogenated alkanes) is 30. The summed E-state index contributed by atoms with van der Waals surface area (Å²) >= 11 is 0. The van der Waals surface area contributed by atoms with Crippen molar-refractivity contribution in [3.63, 3.8) is 0 Å². The van der Waals surface area contributed by atoms with E-state index >= 15 is 0 Å². The van der Waals surface area contributed by atoms with E-state index in [9.17, 15) is 14.4 Å². The predicted molar refractivity (Wildman–Crippen MR) is 284 cm³/mol. The van der Waals surface area contributed by atoms with Gasteiger partial charge < -0.3 is 14.2 Å². The van der Waals surface area contributed by atoms with Crippen LogP contribution >= 0.6 is 0 Å². The second kappa shape index (κ2) is 54.7. The minimum Gasteiger partial charge on any atom is -0.462 e. The van der Waals surface area contributed by atoms with E-state index in [-0.39, 0.29) is 31.1 Å². The molecule has 0 spiro atoms. The fourth-order valence-electron chi connectivity index (χ4n) is 7.95. The molecule has 1 unspecified atom stereocenters. The van der Waals surface area contributed by atoms with Gasteiger partial charge in [-0.15, -0.1) is 0 Å². The molecule has 0 fully saturated rings. The molecule has 0 aliphatic carbocycles. The van der Waals surface area contributed by atoms with Crippen LogP contribution in [-0.4, -0.2) is 37.2 Å². The van der Waals surface area contributed by atoms with Crippen LogP contribution < -0.4 is 0 Å². The minimum absolute atomic E-state index is 0.0778. The average Bonchev–Trinajstić information content (AvgIpc) is 3.31. The Morgan fingerprint density at radius 2 is 0.545 bits per heavy atom. The third kappa shape index (κ3) is 52.1. The Morgan fingerprint density at radius 3 is 0.879 bits per heavy atom. The Bertz CT molecular complexity index is 1200. The molecule has 0 heterocycles. The van der Waals surface area contributed by atoms with Crippen LogP contribution in [-0.2, 0) is 28.6 Å². The molecule has 0 aliphatic rings. The Balaban J connectivity index is 4.17. The standard InChI is InChI=1S/C60H106O6/c1-4-7-10-13-16-18-20-22-24-26-28-29-30-31-33-34-36-38-40-42-44-47-50-53-59(62)65-56-57(55-64-58(61)52-49-46-15-12-9-6-3)66-60(63)54-51-48-45-43-41-39-37-35-32-27-25-23-21-19-17-14-11-8-5-2/h17,19-20,22-23,25-26,28,30-31,57H,4-16,18,21,24,27,29,32-56H2,1-3H3/b19-17-,22-20-,25-23-,28-26-,31-30-.